The topological polar surface area (TPSA) is 81.2 Å². The van der Waals surface area contributed by atoms with Gasteiger partial charge in [-0.3, -0.25) is 0 Å². The Morgan fingerprint density at radius 1 is 1.12 bits per heavy atom. The number of hydrogen-bond acceptors (Lipinski definition) is 6. The number of nitrogens with two attached hydrogens (primary N) is 1. The Kier molecular flexibility index (Phi) is 4.59. The predicted molar refractivity (Wildman–Crippen MR) is 100.0 cm³/mol. The summed E-state index contributed by atoms with van der Waals surface area (Å²) in [5.41, 5.74) is 9.74. The van der Waals surface area contributed by atoms with Crippen molar-refractivity contribution in [3.8, 4) is 39.3 Å². The van der Waals surface area contributed by atoms with Crippen LogP contribution in [0.2, 0.25) is 0 Å². The van der Waals surface area contributed by atoms with Gasteiger partial charge >= 0.3 is 0 Å². The van der Waals surface area contributed by atoms with Crippen LogP contribution in [0.4, 0.5) is 5.82 Å². The lowest BCUT2D eigenvalue weighted by Crippen LogP contribution is -2.00. The quantitative estimate of drug-likeness (QED) is 0.759. The molecule has 0 aliphatic heterocycles. The fourth-order valence-electron chi connectivity index (χ4n) is 2.66. The van der Waals surface area contributed by atoms with E-state index in [-0.39, 0.29) is 5.82 Å². The minimum absolute atomic E-state index is 0.202. The van der Waals surface area contributed by atoms with Crippen molar-refractivity contribution in [3.05, 3.63) is 46.8 Å². The van der Waals surface area contributed by atoms with Gasteiger partial charge in [-0.25, -0.2) is 4.98 Å². The molecule has 0 saturated heterocycles. The van der Waals surface area contributed by atoms with Gasteiger partial charge in [0.25, 0.3) is 0 Å². The number of aromatic nitrogens is 1. The molecule has 2 N–H and O–H groups in total. The summed E-state index contributed by atoms with van der Waals surface area (Å²) in [6, 6.07) is 11.6. The largest absolute Gasteiger partial charge is 0.497 e. The fraction of sp³-hybridized carbons (Fsp3) is 0.158. The monoisotopic (exact) mass is 351 g/mol. The highest BCUT2D eigenvalue weighted by Crippen LogP contribution is 2.39. The molecule has 0 atom stereocenters. The number of nitriles is 1. The average molecular weight is 351 g/mol. The third kappa shape index (κ3) is 3.02. The number of methoxy groups -OCH3 is 2. The standard InChI is InChI=1S/C19H17N3O2S/c1-11-6-7-25-18(11)13-9-16(22-19(21)15(13)10-20)14-8-12(23-2)4-5-17(14)24-3/h4-9H,1-3H3,(H2,21,22). The van der Waals surface area contributed by atoms with Crippen molar-refractivity contribution < 1.29 is 9.47 Å². The van der Waals surface area contributed by atoms with Crippen molar-refractivity contribution in [3.63, 3.8) is 0 Å². The summed E-state index contributed by atoms with van der Waals surface area (Å²) in [4.78, 5) is 5.43. The van der Waals surface area contributed by atoms with Crippen LogP contribution in [0.25, 0.3) is 21.7 Å². The van der Waals surface area contributed by atoms with Crippen LogP contribution in [0.1, 0.15) is 11.1 Å². The lowest BCUT2D eigenvalue weighted by Gasteiger charge is -2.13. The molecule has 5 nitrogen and oxygen atoms in total. The van der Waals surface area contributed by atoms with Crippen LogP contribution in [-0.2, 0) is 0 Å². The Morgan fingerprint density at radius 3 is 2.52 bits per heavy atom. The molecule has 0 amide bonds. The first-order valence-electron chi connectivity index (χ1n) is 7.56. The van der Waals surface area contributed by atoms with E-state index in [0.717, 1.165) is 21.6 Å². The van der Waals surface area contributed by atoms with Gasteiger partial charge in [-0.05, 0) is 48.2 Å². The van der Waals surface area contributed by atoms with Crippen LogP contribution in [0, 0.1) is 18.3 Å². The normalized spacial score (nSPS) is 10.3. The first-order chi connectivity index (χ1) is 12.1. The summed E-state index contributed by atoms with van der Waals surface area (Å²) in [7, 11) is 3.20. The van der Waals surface area contributed by atoms with Crippen LogP contribution < -0.4 is 15.2 Å². The highest BCUT2D eigenvalue weighted by Gasteiger charge is 2.18. The molecule has 3 rings (SSSR count). The highest BCUT2D eigenvalue weighted by molar-refractivity contribution is 7.13. The molecule has 25 heavy (non-hydrogen) atoms. The van der Waals surface area contributed by atoms with Crippen molar-refractivity contribution in [1.82, 2.24) is 4.98 Å². The van der Waals surface area contributed by atoms with E-state index in [2.05, 4.69) is 11.1 Å². The molecule has 0 aliphatic carbocycles. The van der Waals surface area contributed by atoms with Crippen molar-refractivity contribution >= 4 is 17.2 Å². The van der Waals surface area contributed by atoms with E-state index in [1.54, 1.807) is 25.6 Å². The number of pyridine rings is 1. The number of nitrogen functional groups attached to an aromatic ring is 1. The molecular weight excluding hydrogens is 334 g/mol. The molecular formula is C19H17N3O2S. The maximum atomic E-state index is 9.52. The molecule has 0 radical (unpaired) electrons. The van der Waals surface area contributed by atoms with Gasteiger partial charge in [-0.15, -0.1) is 11.3 Å². The van der Waals surface area contributed by atoms with E-state index < -0.39 is 0 Å². The average Bonchev–Trinajstić information content (AvgIpc) is 3.06. The SMILES string of the molecule is COc1ccc(OC)c(-c2cc(-c3sccc3C)c(C#N)c(N)n2)c1. The predicted octanol–water partition coefficient (Wildman–Crippen LogP) is 4.26. The second kappa shape index (κ2) is 6.83. The summed E-state index contributed by atoms with van der Waals surface area (Å²) >= 11 is 1.57. The van der Waals surface area contributed by atoms with Gasteiger partial charge in [0.2, 0.25) is 0 Å². The van der Waals surface area contributed by atoms with E-state index in [4.69, 9.17) is 15.2 Å². The Hall–Kier alpha value is -3.04. The zero-order chi connectivity index (χ0) is 18.0. The lowest BCUT2D eigenvalue weighted by atomic mass is 10.0. The maximum Gasteiger partial charge on any atom is 0.142 e. The van der Waals surface area contributed by atoms with Gasteiger partial charge in [-0.2, -0.15) is 5.26 Å². The summed E-state index contributed by atoms with van der Waals surface area (Å²) in [5.74, 6) is 1.55. The molecule has 0 aliphatic rings. The third-order valence-corrected chi connectivity index (χ3v) is 5.00. The van der Waals surface area contributed by atoms with Gasteiger partial charge in [0.05, 0.1) is 19.9 Å². The first-order valence-corrected chi connectivity index (χ1v) is 8.44. The molecule has 0 bridgehead atoms. The summed E-state index contributed by atoms with van der Waals surface area (Å²) in [6.07, 6.45) is 0. The molecule has 3 aromatic rings. The number of anilines is 1. The highest BCUT2D eigenvalue weighted by atomic mass is 32.1. The molecule has 0 saturated carbocycles. The zero-order valence-electron chi connectivity index (χ0n) is 14.2. The van der Waals surface area contributed by atoms with Crippen LogP contribution >= 0.6 is 11.3 Å². The second-order valence-corrected chi connectivity index (χ2v) is 6.34. The minimum atomic E-state index is 0.202. The molecule has 2 aromatic heterocycles. The molecule has 2 heterocycles. The molecule has 0 fully saturated rings. The van der Waals surface area contributed by atoms with Gasteiger partial charge in [0.1, 0.15) is 28.9 Å². The molecule has 0 unspecified atom stereocenters. The molecule has 6 heteroatoms. The Labute approximate surface area is 150 Å². The van der Waals surface area contributed by atoms with E-state index in [9.17, 15) is 5.26 Å². The van der Waals surface area contributed by atoms with E-state index >= 15 is 0 Å². The first kappa shape index (κ1) is 16.8. The van der Waals surface area contributed by atoms with Gasteiger partial charge in [-0.1, -0.05) is 0 Å². The van der Waals surface area contributed by atoms with E-state index in [1.807, 2.05) is 42.6 Å². The molecule has 126 valence electrons. The fourth-order valence-corrected chi connectivity index (χ4v) is 3.61. The minimum Gasteiger partial charge on any atom is -0.497 e. The molecule has 1 aromatic carbocycles. The van der Waals surface area contributed by atoms with Crippen molar-refractivity contribution in [2.45, 2.75) is 6.92 Å². The summed E-state index contributed by atoms with van der Waals surface area (Å²) < 4.78 is 10.8. The summed E-state index contributed by atoms with van der Waals surface area (Å²) in [6.45, 7) is 2.01. The number of ether oxygens (including phenoxy) is 2. The summed E-state index contributed by atoms with van der Waals surface area (Å²) in [5, 5.41) is 11.5. The number of benzene rings is 1. The Bertz CT molecular complexity index is 973. The lowest BCUT2D eigenvalue weighted by molar-refractivity contribution is 0.404. The number of hydrogen-bond donors (Lipinski definition) is 1. The van der Waals surface area contributed by atoms with Crippen LogP contribution in [0.15, 0.2) is 35.7 Å². The Morgan fingerprint density at radius 2 is 1.92 bits per heavy atom. The van der Waals surface area contributed by atoms with Crippen molar-refractivity contribution in [2.24, 2.45) is 0 Å². The van der Waals surface area contributed by atoms with Crippen molar-refractivity contribution in [1.29, 1.82) is 5.26 Å². The van der Waals surface area contributed by atoms with Crippen LogP contribution in [0.5, 0.6) is 11.5 Å². The third-order valence-electron chi connectivity index (χ3n) is 3.95. The van der Waals surface area contributed by atoms with Crippen LogP contribution in [-0.4, -0.2) is 19.2 Å². The number of aryl methyl sites for hydroxylation is 1. The smallest absolute Gasteiger partial charge is 0.142 e. The zero-order valence-corrected chi connectivity index (χ0v) is 15.0. The van der Waals surface area contributed by atoms with Gasteiger partial charge in [0.15, 0.2) is 0 Å². The van der Waals surface area contributed by atoms with E-state index in [0.29, 0.717) is 22.8 Å². The van der Waals surface area contributed by atoms with Gasteiger partial charge < -0.3 is 15.2 Å². The number of nitrogens with zero attached hydrogens (tertiary/aromatic N) is 2. The second-order valence-electron chi connectivity index (χ2n) is 5.43. The van der Waals surface area contributed by atoms with Crippen molar-refractivity contribution in [2.75, 3.05) is 20.0 Å². The van der Waals surface area contributed by atoms with Crippen LogP contribution in [0.3, 0.4) is 0 Å². The van der Waals surface area contributed by atoms with E-state index in [1.165, 1.54) is 0 Å². The molecule has 0 spiro atoms. The van der Waals surface area contributed by atoms with Gasteiger partial charge in [0, 0.05) is 16.0 Å². The number of thiophene rings is 1. The Balaban J connectivity index is 2.28. The maximum absolute atomic E-state index is 9.52. The number of rotatable bonds is 4.